The molecule has 3 aliphatic heterocycles. The van der Waals surface area contributed by atoms with Crippen LogP contribution in [0.25, 0.3) is 0 Å². The van der Waals surface area contributed by atoms with Gasteiger partial charge >= 0.3 is 0 Å². The standard InChI is InChI=1S/C24H33N3O2/c28-22(17-25-12-4-5-13-25)26-14-10-24(11-15-26)16-21(19-6-2-1-3-7-19)23(29)27(18-24)20-8-9-20/h1-3,6-7,20-21H,4-5,8-18H2/t21-/m1/s1. The summed E-state index contributed by atoms with van der Waals surface area (Å²) in [6, 6.07) is 10.8. The summed E-state index contributed by atoms with van der Waals surface area (Å²) < 4.78 is 0. The molecule has 2 amide bonds. The van der Waals surface area contributed by atoms with Crippen molar-refractivity contribution in [1.82, 2.24) is 14.7 Å². The monoisotopic (exact) mass is 395 g/mol. The largest absolute Gasteiger partial charge is 0.342 e. The number of carbonyl (C=O) groups excluding carboxylic acids is 2. The zero-order valence-corrected chi connectivity index (χ0v) is 17.4. The van der Waals surface area contributed by atoms with Gasteiger partial charge in [0.2, 0.25) is 11.8 Å². The number of benzene rings is 1. The van der Waals surface area contributed by atoms with Gasteiger partial charge in [-0.05, 0) is 69.0 Å². The fourth-order valence-corrected chi connectivity index (χ4v) is 5.69. The van der Waals surface area contributed by atoms with Crippen molar-refractivity contribution in [2.45, 2.75) is 56.9 Å². The average molecular weight is 396 g/mol. The molecule has 1 saturated carbocycles. The van der Waals surface area contributed by atoms with Crippen molar-refractivity contribution in [1.29, 1.82) is 0 Å². The number of piperidine rings is 2. The number of hydrogen-bond donors (Lipinski definition) is 0. The second-order valence-corrected chi connectivity index (χ2v) is 9.73. The summed E-state index contributed by atoms with van der Waals surface area (Å²) in [5.41, 5.74) is 1.33. The fourth-order valence-electron chi connectivity index (χ4n) is 5.69. The highest BCUT2D eigenvalue weighted by atomic mass is 16.2. The number of rotatable bonds is 4. The molecule has 3 saturated heterocycles. The van der Waals surface area contributed by atoms with Crippen molar-refractivity contribution in [2.75, 3.05) is 39.3 Å². The van der Waals surface area contributed by atoms with E-state index < -0.39 is 0 Å². The van der Waals surface area contributed by atoms with Crippen LogP contribution in [0.2, 0.25) is 0 Å². The van der Waals surface area contributed by atoms with Crippen LogP contribution >= 0.6 is 0 Å². The number of likely N-dealkylation sites (tertiary alicyclic amines) is 3. The molecule has 156 valence electrons. The molecule has 0 radical (unpaired) electrons. The molecule has 4 aliphatic rings. The minimum Gasteiger partial charge on any atom is -0.342 e. The van der Waals surface area contributed by atoms with Crippen LogP contribution in [0.15, 0.2) is 30.3 Å². The Morgan fingerprint density at radius 3 is 2.34 bits per heavy atom. The molecule has 3 heterocycles. The highest BCUT2D eigenvalue weighted by Gasteiger charge is 2.49. The summed E-state index contributed by atoms with van der Waals surface area (Å²) in [4.78, 5) is 32.6. The van der Waals surface area contributed by atoms with E-state index >= 15 is 0 Å². The van der Waals surface area contributed by atoms with Gasteiger partial charge < -0.3 is 9.80 Å². The van der Waals surface area contributed by atoms with Crippen molar-refractivity contribution in [3.8, 4) is 0 Å². The summed E-state index contributed by atoms with van der Waals surface area (Å²) in [5.74, 6) is 0.613. The van der Waals surface area contributed by atoms with E-state index in [0.29, 0.717) is 24.4 Å². The predicted octanol–water partition coefficient (Wildman–Crippen LogP) is 2.87. The van der Waals surface area contributed by atoms with Crippen LogP contribution in [0.3, 0.4) is 0 Å². The minimum absolute atomic E-state index is 0.0163. The predicted molar refractivity (Wildman–Crippen MR) is 112 cm³/mol. The molecule has 1 aliphatic carbocycles. The number of carbonyl (C=O) groups is 2. The third kappa shape index (κ3) is 3.94. The molecule has 5 rings (SSSR count). The Hall–Kier alpha value is -1.88. The van der Waals surface area contributed by atoms with E-state index in [4.69, 9.17) is 0 Å². The number of nitrogens with zero attached hydrogens (tertiary/aromatic N) is 3. The Morgan fingerprint density at radius 1 is 1.00 bits per heavy atom. The third-order valence-corrected chi connectivity index (χ3v) is 7.65. The molecule has 0 N–H and O–H groups in total. The SMILES string of the molecule is O=C(CN1CCCC1)N1CCC2(CC1)C[C@H](c1ccccc1)C(=O)N(C1CC1)C2. The Kier molecular flexibility index (Phi) is 5.10. The van der Waals surface area contributed by atoms with E-state index in [2.05, 4.69) is 26.8 Å². The first kappa shape index (κ1) is 19.1. The lowest BCUT2D eigenvalue weighted by Gasteiger charge is -2.50. The van der Waals surface area contributed by atoms with Gasteiger partial charge in [0.1, 0.15) is 0 Å². The van der Waals surface area contributed by atoms with E-state index in [0.717, 1.165) is 70.4 Å². The summed E-state index contributed by atoms with van der Waals surface area (Å²) in [6.45, 7) is 5.32. The lowest BCUT2D eigenvalue weighted by molar-refractivity contribution is -0.145. The lowest BCUT2D eigenvalue weighted by Crippen LogP contribution is -2.55. The van der Waals surface area contributed by atoms with E-state index in [1.807, 2.05) is 18.2 Å². The van der Waals surface area contributed by atoms with Crippen LogP contribution in [-0.4, -0.2) is 71.8 Å². The first-order chi connectivity index (χ1) is 14.1. The Labute approximate surface area is 174 Å². The Balaban J connectivity index is 1.28. The molecule has 0 bridgehead atoms. The molecule has 5 heteroatoms. The van der Waals surface area contributed by atoms with Crippen molar-refractivity contribution in [3.63, 3.8) is 0 Å². The van der Waals surface area contributed by atoms with E-state index in [1.165, 1.54) is 12.8 Å². The maximum Gasteiger partial charge on any atom is 0.236 e. The first-order valence-corrected chi connectivity index (χ1v) is 11.5. The Bertz CT molecular complexity index is 747. The molecule has 1 aromatic carbocycles. The van der Waals surface area contributed by atoms with Gasteiger partial charge in [0.25, 0.3) is 0 Å². The maximum absolute atomic E-state index is 13.3. The van der Waals surface area contributed by atoms with Crippen molar-refractivity contribution in [3.05, 3.63) is 35.9 Å². The molecule has 5 nitrogen and oxygen atoms in total. The number of hydrogen-bond acceptors (Lipinski definition) is 3. The van der Waals surface area contributed by atoms with Gasteiger partial charge in [0.15, 0.2) is 0 Å². The molecule has 1 aromatic rings. The third-order valence-electron chi connectivity index (χ3n) is 7.65. The molecule has 29 heavy (non-hydrogen) atoms. The topological polar surface area (TPSA) is 43.9 Å². The highest BCUT2D eigenvalue weighted by molar-refractivity contribution is 5.85. The van der Waals surface area contributed by atoms with Crippen LogP contribution in [-0.2, 0) is 9.59 Å². The summed E-state index contributed by atoms with van der Waals surface area (Å²) >= 11 is 0. The van der Waals surface area contributed by atoms with Crippen molar-refractivity contribution >= 4 is 11.8 Å². The zero-order chi connectivity index (χ0) is 19.8. The maximum atomic E-state index is 13.3. The van der Waals surface area contributed by atoms with E-state index in [-0.39, 0.29) is 11.3 Å². The molecular formula is C24H33N3O2. The minimum atomic E-state index is -0.0163. The van der Waals surface area contributed by atoms with Crippen molar-refractivity contribution < 1.29 is 9.59 Å². The van der Waals surface area contributed by atoms with Gasteiger partial charge in [-0.1, -0.05) is 30.3 Å². The van der Waals surface area contributed by atoms with Crippen LogP contribution in [0.5, 0.6) is 0 Å². The van der Waals surface area contributed by atoms with Gasteiger partial charge in [0.05, 0.1) is 12.5 Å². The van der Waals surface area contributed by atoms with Gasteiger partial charge in [-0.2, -0.15) is 0 Å². The van der Waals surface area contributed by atoms with Gasteiger partial charge in [-0.25, -0.2) is 0 Å². The molecular weight excluding hydrogens is 362 g/mol. The second kappa shape index (κ2) is 7.75. The average Bonchev–Trinajstić information content (AvgIpc) is 3.47. The van der Waals surface area contributed by atoms with Gasteiger partial charge in [-0.3, -0.25) is 14.5 Å². The highest BCUT2D eigenvalue weighted by Crippen LogP contribution is 2.48. The van der Waals surface area contributed by atoms with E-state index in [1.54, 1.807) is 0 Å². The van der Waals surface area contributed by atoms with Crippen LogP contribution in [0.1, 0.15) is 56.4 Å². The van der Waals surface area contributed by atoms with Crippen LogP contribution < -0.4 is 0 Å². The molecule has 0 aromatic heterocycles. The van der Waals surface area contributed by atoms with Gasteiger partial charge in [0, 0.05) is 25.7 Å². The smallest absolute Gasteiger partial charge is 0.236 e. The molecule has 1 atom stereocenters. The summed E-state index contributed by atoms with van der Waals surface area (Å²) in [6.07, 6.45) is 7.75. The van der Waals surface area contributed by atoms with Crippen LogP contribution in [0, 0.1) is 5.41 Å². The van der Waals surface area contributed by atoms with Gasteiger partial charge in [-0.15, -0.1) is 0 Å². The first-order valence-electron chi connectivity index (χ1n) is 11.5. The Morgan fingerprint density at radius 2 is 1.69 bits per heavy atom. The molecule has 4 fully saturated rings. The van der Waals surface area contributed by atoms with E-state index in [9.17, 15) is 9.59 Å². The quantitative estimate of drug-likeness (QED) is 0.787. The lowest BCUT2D eigenvalue weighted by atomic mass is 9.67. The van der Waals surface area contributed by atoms with Crippen molar-refractivity contribution in [2.24, 2.45) is 5.41 Å². The number of amides is 2. The molecule has 0 unspecified atom stereocenters. The molecule has 1 spiro atoms. The summed E-state index contributed by atoms with van der Waals surface area (Å²) in [5, 5.41) is 0. The summed E-state index contributed by atoms with van der Waals surface area (Å²) in [7, 11) is 0. The fraction of sp³-hybridized carbons (Fsp3) is 0.667. The van der Waals surface area contributed by atoms with Crippen LogP contribution in [0.4, 0.5) is 0 Å². The second-order valence-electron chi connectivity index (χ2n) is 9.73. The normalized spacial score (nSPS) is 27.6. The zero-order valence-electron chi connectivity index (χ0n) is 17.4.